The monoisotopic (exact) mass is 414 g/mol. The molecular formula is C24H19FN4O2. The van der Waals surface area contributed by atoms with Crippen LogP contribution in [-0.2, 0) is 0 Å². The van der Waals surface area contributed by atoms with Crippen molar-refractivity contribution in [3.05, 3.63) is 96.4 Å². The van der Waals surface area contributed by atoms with E-state index in [1.807, 2.05) is 41.2 Å². The Bertz CT molecular complexity index is 1200. The molecule has 6 nitrogen and oxygen atoms in total. The van der Waals surface area contributed by atoms with Crippen LogP contribution in [0.25, 0.3) is 11.3 Å². The van der Waals surface area contributed by atoms with Crippen molar-refractivity contribution in [1.82, 2.24) is 19.9 Å². The maximum Gasteiger partial charge on any atom is 0.254 e. The number of aromatic nitrogens is 3. The minimum atomic E-state index is -0.327. The van der Waals surface area contributed by atoms with Gasteiger partial charge in [0.15, 0.2) is 0 Å². The fourth-order valence-electron chi connectivity index (χ4n) is 3.50. The van der Waals surface area contributed by atoms with E-state index in [4.69, 9.17) is 4.74 Å². The van der Waals surface area contributed by atoms with Crippen LogP contribution in [0.5, 0.6) is 11.5 Å². The molecule has 31 heavy (non-hydrogen) atoms. The molecule has 0 radical (unpaired) electrons. The molecule has 0 saturated carbocycles. The summed E-state index contributed by atoms with van der Waals surface area (Å²) in [6, 6.07) is 22.7. The van der Waals surface area contributed by atoms with E-state index < -0.39 is 0 Å². The molecule has 3 aromatic carbocycles. The molecule has 0 bridgehead atoms. The van der Waals surface area contributed by atoms with E-state index in [2.05, 4.69) is 10.3 Å². The largest absolute Gasteiger partial charge is 0.457 e. The molecule has 1 aliphatic heterocycles. The van der Waals surface area contributed by atoms with Crippen molar-refractivity contribution in [1.29, 1.82) is 0 Å². The van der Waals surface area contributed by atoms with E-state index in [0.29, 0.717) is 30.2 Å². The van der Waals surface area contributed by atoms with Crippen molar-refractivity contribution in [3.63, 3.8) is 0 Å². The first kappa shape index (κ1) is 19.0. The second kappa shape index (κ2) is 8.02. The van der Waals surface area contributed by atoms with Gasteiger partial charge < -0.3 is 9.64 Å². The molecule has 0 aliphatic carbocycles. The maximum atomic E-state index is 13.1. The van der Waals surface area contributed by atoms with Crippen molar-refractivity contribution in [2.24, 2.45) is 0 Å². The number of hydrogen-bond donors (Lipinski definition) is 0. The second-order valence-electron chi connectivity index (χ2n) is 7.40. The fourth-order valence-corrected chi connectivity index (χ4v) is 3.50. The number of amides is 1. The third-order valence-electron chi connectivity index (χ3n) is 5.23. The molecule has 0 unspecified atom stereocenters. The summed E-state index contributed by atoms with van der Waals surface area (Å²) < 4.78 is 20.6. The van der Waals surface area contributed by atoms with Gasteiger partial charge in [-0.25, -0.2) is 9.07 Å². The van der Waals surface area contributed by atoms with Crippen LogP contribution in [0.1, 0.15) is 16.4 Å². The predicted molar refractivity (Wildman–Crippen MR) is 113 cm³/mol. The SMILES string of the molecule is O=C(c1cccc(Oc2ccc(F)cc2)c1)N1CC(n2cc(-c3ccccc3)nn2)C1. The van der Waals surface area contributed by atoms with Gasteiger partial charge in [-0.1, -0.05) is 41.6 Å². The number of rotatable bonds is 5. The third kappa shape index (κ3) is 4.02. The molecule has 5 rings (SSSR count). The Morgan fingerprint density at radius 3 is 2.48 bits per heavy atom. The van der Waals surface area contributed by atoms with Crippen LogP contribution >= 0.6 is 0 Å². The Balaban J connectivity index is 1.22. The Kier molecular flexibility index (Phi) is 4.92. The molecule has 0 spiro atoms. The number of hydrogen-bond acceptors (Lipinski definition) is 4. The van der Waals surface area contributed by atoms with Crippen LogP contribution in [0.4, 0.5) is 4.39 Å². The third-order valence-corrected chi connectivity index (χ3v) is 5.23. The first-order chi connectivity index (χ1) is 15.2. The molecule has 0 N–H and O–H groups in total. The van der Waals surface area contributed by atoms with Gasteiger partial charge >= 0.3 is 0 Å². The van der Waals surface area contributed by atoms with E-state index in [1.54, 1.807) is 41.3 Å². The van der Waals surface area contributed by atoms with Gasteiger partial charge in [0.05, 0.1) is 12.2 Å². The van der Waals surface area contributed by atoms with Crippen molar-refractivity contribution < 1.29 is 13.9 Å². The average molecular weight is 414 g/mol. The van der Waals surface area contributed by atoms with Crippen molar-refractivity contribution in [3.8, 4) is 22.8 Å². The topological polar surface area (TPSA) is 60.2 Å². The molecule has 1 saturated heterocycles. The van der Waals surface area contributed by atoms with Crippen LogP contribution in [-0.4, -0.2) is 38.9 Å². The van der Waals surface area contributed by atoms with Gasteiger partial charge in [-0.3, -0.25) is 4.79 Å². The number of halogens is 1. The van der Waals surface area contributed by atoms with Crippen LogP contribution < -0.4 is 4.74 Å². The first-order valence-corrected chi connectivity index (χ1v) is 9.96. The smallest absolute Gasteiger partial charge is 0.254 e. The number of carbonyl (C=O) groups is 1. The average Bonchev–Trinajstić information content (AvgIpc) is 3.25. The molecule has 154 valence electrons. The summed E-state index contributed by atoms with van der Waals surface area (Å²) in [5.41, 5.74) is 2.37. The van der Waals surface area contributed by atoms with Gasteiger partial charge in [0.25, 0.3) is 5.91 Å². The highest BCUT2D eigenvalue weighted by Gasteiger charge is 2.33. The molecule has 7 heteroatoms. The van der Waals surface area contributed by atoms with Crippen molar-refractivity contribution in [2.75, 3.05) is 13.1 Å². The van der Waals surface area contributed by atoms with Crippen LogP contribution in [0.3, 0.4) is 0 Å². The zero-order valence-electron chi connectivity index (χ0n) is 16.6. The van der Waals surface area contributed by atoms with Gasteiger partial charge in [0.2, 0.25) is 0 Å². The molecule has 4 aromatic rings. The summed E-state index contributed by atoms with van der Waals surface area (Å²) >= 11 is 0. The minimum Gasteiger partial charge on any atom is -0.457 e. The lowest BCUT2D eigenvalue weighted by Gasteiger charge is -2.38. The van der Waals surface area contributed by atoms with Crippen LogP contribution in [0, 0.1) is 5.82 Å². The van der Waals surface area contributed by atoms with E-state index in [-0.39, 0.29) is 17.8 Å². The number of nitrogens with zero attached hydrogens (tertiary/aromatic N) is 4. The summed E-state index contributed by atoms with van der Waals surface area (Å²) in [5.74, 6) is 0.643. The number of benzene rings is 3. The Morgan fingerprint density at radius 1 is 0.935 bits per heavy atom. The van der Waals surface area contributed by atoms with E-state index in [9.17, 15) is 9.18 Å². The van der Waals surface area contributed by atoms with Gasteiger partial charge in [0, 0.05) is 24.2 Å². The van der Waals surface area contributed by atoms with E-state index in [0.717, 1.165) is 11.3 Å². The molecule has 1 fully saturated rings. The summed E-state index contributed by atoms with van der Waals surface area (Å²) in [6.07, 6.45) is 1.92. The normalized spacial score (nSPS) is 13.6. The highest BCUT2D eigenvalue weighted by molar-refractivity contribution is 5.95. The quantitative estimate of drug-likeness (QED) is 0.480. The molecule has 2 heterocycles. The Labute approximate surface area is 178 Å². The second-order valence-corrected chi connectivity index (χ2v) is 7.40. The minimum absolute atomic E-state index is 0.0656. The lowest BCUT2D eigenvalue weighted by molar-refractivity contribution is 0.0498. The molecule has 1 aromatic heterocycles. The number of likely N-dealkylation sites (tertiary alicyclic amines) is 1. The molecule has 1 aliphatic rings. The highest BCUT2D eigenvalue weighted by Crippen LogP contribution is 2.27. The van der Waals surface area contributed by atoms with Crippen molar-refractivity contribution >= 4 is 5.91 Å². The molecular weight excluding hydrogens is 395 g/mol. The lowest BCUT2D eigenvalue weighted by Crippen LogP contribution is -2.50. The standard InChI is InChI=1S/C24H19FN4O2/c25-19-9-11-21(12-10-19)31-22-8-4-7-18(13-22)24(30)28-14-20(15-28)29-16-23(26-27-29)17-5-2-1-3-6-17/h1-13,16,20H,14-15H2. The number of ether oxygens (including phenoxy) is 1. The van der Waals surface area contributed by atoms with Crippen molar-refractivity contribution in [2.45, 2.75) is 6.04 Å². The molecule has 0 atom stereocenters. The van der Waals surface area contributed by atoms with Crippen LogP contribution in [0.15, 0.2) is 85.1 Å². The Morgan fingerprint density at radius 2 is 1.71 bits per heavy atom. The summed E-state index contributed by atoms with van der Waals surface area (Å²) in [4.78, 5) is 14.6. The lowest BCUT2D eigenvalue weighted by atomic mass is 10.1. The highest BCUT2D eigenvalue weighted by atomic mass is 19.1. The summed E-state index contributed by atoms with van der Waals surface area (Å²) in [6.45, 7) is 1.14. The van der Waals surface area contributed by atoms with Gasteiger partial charge in [-0.2, -0.15) is 0 Å². The zero-order valence-corrected chi connectivity index (χ0v) is 16.6. The fraction of sp³-hybridized carbons (Fsp3) is 0.125. The molecule has 1 amide bonds. The first-order valence-electron chi connectivity index (χ1n) is 9.96. The zero-order chi connectivity index (χ0) is 21.2. The van der Waals surface area contributed by atoms with E-state index in [1.165, 1.54) is 12.1 Å². The van der Waals surface area contributed by atoms with Gasteiger partial charge in [-0.05, 0) is 42.5 Å². The maximum absolute atomic E-state index is 13.1. The van der Waals surface area contributed by atoms with Gasteiger partial charge in [0.1, 0.15) is 23.0 Å². The Hall–Kier alpha value is -4.00. The van der Waals surface area contributed by atoms with Gasteiger partial charge in [-0.15, -0.1) is 5.10 Å². The number of carbonyl (C=O) groups excluding carboxylic acids is 1. The van der Waals surface area contributed by atoms with Crippen LogP contribution in [0.2, 0.25) is 0 Å². The van der Waals surface area contributed by atoms with E-state index >= 15 is 0 Å². The predicted octanol–water partition coefficient (Wildman–Crippen LogP) is 4.57. The summed E-state index contributed by atoms with van der Waals surface area (Å²) in [7, 11) is 0. The summed E-state index contributed by atoms with van der Waals surface area (Å²) in [5, 5.41) is 8.47.